The number of hydrogen-bond acceptors (Lipinski definition) is 4. The van der Waals surface area contributed by atoms with Crippen LogP contribution in [0.25, 0.3) is 10.8 Å². The number of methoxy groups -OCH3 is 1. The van der Waals surface area contributed by atoms with Crippen LogP contribution >= 0.6 is 12.2 Å². The monoisotopic (exact) mass is 416 g/mol. The van der Waals surface area contributed by atoms with E-state index in [0.29, 0.717) is 11.5 Å². The van der Waals surface area contributed by atoms with Gasteiger partial charge in [-0.1, -0.05) is 66.7 Å². The largest absolute Gasteiger partial charge is 0.469 e. The first-order valence-corrected chi connectivity index (χ1v) is 10.2. The van der Waals surface area contributed by atoms with E-state index < -0.39 is 17.5 Å². The molecular formula is C24H20N2O3S. The predicted molar refractivity (Wildman–Crippen MR) is 118 cm³/mol. The van der Waals surface area contributed by atoms with E-state index in [1.165, 1.54) is 7.11 Å². The Kier molecular flexibility index (Phi) is 4.33. The molecule has 3 aromatic rings. The van der Waals surface area contributed by atoms with Crippen molar-refractivity contribution >= 4 is 40.0 Å². The second-order valence-corrected chi connectivity index (χ2v) is 8.13. The van der Waals surface area contributed by atoms with E-state index in [2.05, 4.69) is 11.4 Å². The summed E-state index contributed by atoms with van der Waals surface area (Å²) in [5.41, 5.74) is 0.716. The van der Waals surface area contributed by atoms with Crippen molar-refractivity contribution in [3.63, 3.8) is 0 Å². The van der Waals surface area contributed by atoms with Crippen molar-refractivity contribution in [2.45, 2.75) is 18.0 Å². The molecule has 0 radical (unpaired) electrons. The van der Waals surface area contributed by atoms with Crippen LogP contribution in [0.4, 0.5) is 0 Å². The number of fused-ring (bicyclic) bond motifs is 2. The van der Waals surface area contributed by atoms with Gasteiger partial charge in [0.25, 0.3) is 5.91 Å². The maximum atomic E-state index is 13.2. The Morgan fingerprint density at radius 1 is 1.07 bits per heavy atom. The van der Waals surface area contributed by atoms with E-state index in [-0.39, 0.29) is 11.9 Å². The lowest BCUT2D eigenvalue weighted by atomic mass is 9.84. The van der Waals surface area contributed by atoms with Gasteiger partial charge in [0.15, 0.2) is 5.11 Å². The second-order valence-electron chi connectivity index (χ2n) is 7.74. The Balaban J connectivity index is 1.72. The van der Waals surface area contributed by atoms with Crippen LogP contribution in [0.2, 0.25) is 0 Å². The van der Waals surface area contributed by atoms with Crippen molar-refractivity contribution in [2.75, 3.05) is 7.11 Å². The van der Waals surface area contributed by atoms with Gasteiger partial charge < -0.3 is 15.0 Å². The molecule has 6 heteroatoms. The van der Waals surface area contributed by atoms with Crippen molar-refractivity contribution in [1.29, 1.82) is 0 Å². The normalized spacial score (nSPS) is 25.3. The summed E-state index contributed by atoms with van der Waals surface area (Å²) >= 11 is 5.60. The highest BCUT2D eigenvalue weighted by molar-refractivity contribution is 7.80. The Morgan fingerprint density at radius 2 is 1.77 bits per heavy atom. The molecule has 0 spiro atoms. The molecule has 0 aliphatic carbocycles. The number of thiocarbonyl (C=S) groups is 1. The molecule has 150 valence electrons. The van der Waals surface area contributed by atoms with Crippen LogP contribution in [0.1, 0.15) is 23.6 Å². The summed E-state index contributed by atoms with van der Waals surface area (Å²) in [6, 6.07) is 23.3. The number of amides is 1. The zero-order chi connectivity index (χ0) is 20.9. The fourth-order valence-corrected chi connectivity index (χ4v) is 5.31. The molecule has 2 saturated heterocycles. The molecule has 1 unspecified atom stereocenters. The second kappa shape index (κ2) is 6.92. The van der Waals surface area contributed by atoms with E-state index in [1.54, 1.807) is 0 Å². The summed E-state index contributed by atoms with van der Waals surface area (Å²) in [5, 5.41) is 5.36. The zero-order valence-electron chi connectivity index (χ0n) is 16.4. The maximum Gasteiger partial charge on any atom is 0.311 e. The number of rotatable bonds is 3. The molecule has 5 nitrogen and oxygen atoms in total. The minimum atomic E-state index is -1.03. The van der Waals surface area contributed by atoms with Gasteiger partial charge in [-0.2, -0.15) is 0 Å². The van der Waals surface area contributed by atoms with Gasteiger partial charge in [0.05, 0.1) is 19.1 Å². The Labute approximate surface area is 179 Å². The van der Waals surface area contributed by atoms with Gasteiger partial charge >= 0.3 is 5.97 Å². The first kappa shape index (κ1) is 18.8. The van der Waals surface area contributed by atoms with E-state index in [0.717, 1.165) is 21.9 Å². The first-order valence-electron chi connectivity index (χ1n) is 9.83. The van der Waals surface area contributed by atoms with Crippen LogP contribution in [0.15, 0.2) is 72.8 Å². The lowest BCUT2D eigenvalue weighted by Crippen LogP contribution is -2.42. The molecule has 1 amide bonds. The van der Waals surface area contributed by atoms with Crippen LogP contribution in [0, 0.1) is 5.92 Å². The molecule has 2 aliphatic heterocycles. The molecule has 1 N–H and O–H groups in total. The van der Waals surface area contributed by atoms with Crippen LogP contribution in [0.5, 0.6) is 0 Å². The molecule has 0 aromatic heterocycles. The molecule has 3 aromatic carbocycles. The highest BCUT2D eigenvalue weighted by atomic mass is 32.1. The van der Waals surface area contributed by atoms with Crippen molar-refractivity contribution in [1.82, 2.24) is 10.2 Å². The third-order valence-corrected chi connectivity index (χ3v) is 6.57. The molecule has 0 saturated carbocycles. The van der Waals surface area contributed by atoms with Gasteiger partial charge in [-0.15, -0.1) is 0 Å². The number of benzene rings is 3. The number of nitrogens with one attached hydrogen (secondary N) is 1. The van der Waals surface area contributed by atoms with Gasteiger partial charge in [0, 0.05) is 0 Å². The Bertz CT molecular complexity index is 1180. The molecule has 2 fully saturated rings. The van der Waals surface area contributed by atoms with Gasteiger partial charge in [-0.3, -0.25) is 9.59 Å². The maximum absolute atomic E-state index is 13.2. The molecule has 5 rings (SSSR count). The van der Waals surface area contributed by atoms with Crippen molar-refractivity contribution < 1.29 is 14.3 Å². The van der Waals surface area contributed by atoms with Crippen molar-refractivity contribution in [2.24, 2.45) is 5.92 Å². The Morgan fingerprint density at radius 3 is 2.50 bits per heavy atom. The smallest absolute Gasteiger partial charge is 0.311 e. The van der Waals surface area contributed by atoms with Crippen molar-refractivity contribution in [3.05, 3.63) is 83.9 Å². The summed E-state index contributed by atoms with van der Waals surface area (Å²) in [7, 11) is 1.39. The highest BCUT2D eigenvalue weighted by Gasteiger charge is 2.64. The van der Waals surface area contributed by atoms with Gasteiger partial charge in [-0.05, 0) is 46.6 Å². The van der Waals surface area contributed by atoms with Crippen LogP contribution in [-0.2, 0) is 19.9 Å². The number of ether oxygens (including phenoxy) is 1. The summed E-state index contributed by atoms with van der Waals surface area (Å²) in [6.07, 6.45) is 0.299. The first-order chi connectivity index (χ1) is 14.6. The molecule has 3 atom stereocenters. The minimum absolute atomic E-state index is 0.198. The lowest BCUT2D eigenvalue weighted by molar-refractivity contribution is -0.146. The predicted octanol–water partition coefficient (Wildman–Crippen LogP) is 3.69. The summed E-state index contributed by atoms with van der Waals surface area (Å²) in [5.74, 6) is -1.07. The standard InChI is InChI=1S/C24H20N2O3S/c1-29-21(27)19-14-24(18-9-3-2-4-10-18)22(28)25-23(30)26(24)20(19)17-12-11-15-7-5-6-8-16(15)13-17/h2-13,19-20H,14H2,1H3,(H,25,28,30)/t19?,20-,24+/m0/s1. The van der Waals surface area contributed by atoms with E-state index in [1.807, 2.05) is 71.6 Å². The zero-order valence-corrected chi connectivity index (χ0v) is 17.2. The molecule has 2 aliphatic rings. The Hall–Kier alpha value is -3.25. The molecular weight excluding hydrogens is 396 g/mol. The van der Waals surface area contributed by atoms with E-state index in [4.69, 9.17) is 17.0 Å². The van der Waals surface area contributed by atoms with E-state index >= 15 is 0 Å². The lowest BCUT2D eigenvalue weighted by Gasteiger charge is -2.34. The fourth-order valence-electron chi connectivity index (χ4n) is 4.95. The van der Waals surface area contributed by atoms with Crippen LogP contribution in [0.3, 0.4) is 0 Å². The highest BCUT2D eigenvalue weighted by Crippen LogP contribution is 2.54. The van der Waals surface area contributed by atoms with Crippen molar-refractivity contribution in [3.8, 4) is 0 Å². The molecule has 2 heterocycles. The minimum Gasteiger partial charge on any atom is -0.469 e. The number of hydrogen-bond donors (Lipinski definition) is 1. The fraction of sp³-hybridized carbons (Fsp3) is 0.208. The third kappa shape index (κ3) is 2.57. The van der Waals surface area contributed by atoms with Gasteiger partial charge in [0.1, 0.15) is 5.54 Å². The molecule has 0 bridgehead atoms. The number of esters is 1. The summed E-state index contributed by atoms with van der Waals surface area (Å²) < 4.78 is 5.15. The van der Waals surface area contributed by atoms with Gasteiger partial charge in [-0.25, -0.2) is 0 Å². The SMILES string of the molecule is COC(=O)C1C[C@@]2(c3ccccc3)C(=O)NC(=S)N2[C@H]1c1ccc2ccccc2c1. The summed E-state index contributed by atoms with van der Waals surface area (Å²) in [4.78, 5) is 28.0. The van der Waals surface area contributed by atoms with Gasteiger partial charge in [0.2, 0.25) is 0 Å². The average molecular weight is 417 g/mol. The van der Waals surface area contributed by atoms with Crippen LogP contribution in [-0.4, -0.2) is 29.0 Å². The topological polar surface area (TPSA) is 58.6 Å². The van der Waals surface area contributed by atoms with Crippen LogP contribution < -0.4 is 5.32 Å². The number of nitrogens with zero attached hydrogens (tertiary/aromatic N) is 1. The number of carbonyl (C=O) groups is 2. The third-order valence-electron chi connectivity index (χ3n) is 6.27. The summed E-state index contributed by atoms with van der Waals surface area (Å²) in [6.45, 7) is 0. The quantitative estimate of drug-likeness (QED) is 0.521. The molecule has 30 heavy (non-hydrogen) atoms. The average Bonchev–Trinajstić information content (AvgIpc) is 3.27. The number of carbonyl (C=O) groups excluding carboxylic acids is 2. The van der Waals surface area contributed by atoms with E-state index in [9.17, 15) is 9.59 Å².